The van der Waals surface area contributed by atoms with E-state index in [4.69, 9.17) is 18.9 Å². The van der Waals surface area contributed by atoms with E-state index in [0.717, 1.165) is 143 Å². The SMILES string of the molecule is CCCOc1ccc(-c2ccn3c(-c4ccccc4)cnc3c2)cc1.COc1ccc(-c2ccn3c(-c4ccccc4)cnc3c2)cn1.c1ccc(-c2cnc3cc(-c4ccc(OCCN5CCCCC5)nc4)ccn23)cc1.c1ccc(Oc2ccc(-c3ccn4c(-c5ccccc5)cnc4c3)cc2)cc1. The van der Waals surface area contributed by atoms with E-state index in [1.807, 2.05) is 189 Å². The monoisotopic (exact) mass is 1390 g/mol. The van der Waals surface area contributed by atoms with Gasteiger partial charge in [0, 0.05) is 89.2 Å². The summed E-state index contributed by atoms with van der Waals surface area (Å²) in [5, 5.41) is 0. The quantitative estimate of drug-likeness (QED) is 0.0812. The molecule has 15 nitrogen and oxygen atoms in total. The lowest BCUT2D eigenvalue weighted by Gasteiger charge is -2.26. The van der Waals surface area contributed by atoms with Crippen molar-refractivity contribution in [2.75, 3.05) is 40.0 Å². The molecule has 1 fully saturated rings. The van der Waals surface area contributed by atoms with Crippen molar-refractivity contribution in [2.45, 2.75) is 32.6 Å². The second-order valence-electron chi connectivity index (χ2n) is 25.6. The molecular formula is C91H79N11O4. The molecule has 0 amide bonds. The Kier molecular flexibility index (Phi) is 21.5. The lowest BCUT2D eigenvalue weighted by molar-refractivity contribution is 0.180. The molecule has 0 radical (unpaired) electrons. The maximum absolute atomic E-state index is 5.88. The zero-order valence-corrected chi connectivity index (χ0v) is 59.2. The Morgan fingerprint density at radius 3 is 1.01 bits per heavy atom. The minimum absolute atomic E-state index is 0.613. The largest absolute Gasteiger partial charge is 0.494 e. The van der Waals surface area contributed by atoms with Crippen LogP contribution in [0.15, 0.2) is 335 Å². The Hall–Kier alpha value is -13.2. The van der Waals surface area contributed by atoms with Crippen molar-refractivity contribution in [3.8, 4) is 119 Å². The average molecular weight is 1390 g/mol. The molecular weight excluding hydrogens is 1310 g/mol. The Bertz CT molecular complexity index is 5630. The molecule has 15 heteroatoms. The van der Waals surface area contributed by atoms with Crippen LogP contribution in [0.2, 0.25) is 0 Å². The van der Waals surface area contributed by atoms with Crippen molar-refractivity contribution in [3.05, 3.63) is 335 Å². The van der Waals surface area contributed by atoms with E-state index in [1.165, 1.54) is 37.9 Å². The number of rotatable bonds is 18. The molecule has 106 heavy (non-hydrogen) atoms. The number of benzene rings is 7. The Balaban J connectivity index is 0.000000114. The third-order valence-electron chi connectivity index (χ3n) is 18.6. The van der Waals surface area contributed by atoms with Crippen molar-refractivity contribution in [3.63, 3.8) is 0 Å². The van der Waals surface area contributed by atoms with Crippen LogP contribution < -0.4 is 18.9 Å². The fourth-order valence-corrected chi connectivity index (χ4v) is 13.0. The van der Waals surface area contributed by atoms with Gasteiger partial charge in [0.25, 0.3) is 0 Å². The molecule has 0 unspecified atom stereocenters. The highest BCUT2D eigenvalue weighted by Gasteiger charge is 2.15. The summed E-state index contributed by atoms with van der Waals surface area (Å²) in [6.07, 6.45) is 24.6. The van der Waals surface area contributed by atoms with Crippen LogP contribution in [0.1, 0.15) is 32.6 Å². The summed E-state index contributed by atoms with van der Waals surface area (Å²) in [6, 6.07) is 92.1. The molecule has 7 aromatic carbocycles. The number of nitrogens with zero attached hydrogens (tertiary/aromatic N) is 11. The molecule has 10 aromatic heterocycles. The van der Waals surface area contributed by atoms with Crippen LogP contribution in [0.25, 0.3) is 112 Å². The van der Waals surface area contributed by atoms with Gasteiger partial charge in [0.15, 0.2) is 0 Å². The number of likely N-dealkylation sites (tertiary alicyclic amines) is 1. The van der Waals surface area contributed by atoms with E-state index in [1.54, 1.807) is 7.11 Å². The summed E-state index contributed by atoms with van der Waals surface area (Å²) < 4.78 is 30.9. The van der Waals surface area contributed by atoms with Gasteiger partial charge >= 0.3 is 0 Å². The van der Waals surface area contributed by atoms with Crippen LogP contribution in [-0.4, -0.2) is 92.4 Å². The van der Waals surface area contributed by atoms with Gasteiger partial charge in [-0.15, -0.1) is 0 Å². The van der Waals surface area contributed by atoms with Gasteiger partial charge in [0.1, 0.15) is 46.4 Å². The third kappa shape index (κ3) is 16.5. The van der Waals surface area contributed by atoms with Gasteiger partial charge in [-0.2, -0.15) is 0 Å². The molecule has 0 N–H and O–H groups in total. The number of methoxy groups -OCH3 is 1. The number of aromatic nitrogens is 10. The van der Waals surface area contributed by atoms with E-state index in [9.17, 15) is 0 Å². The lowest BCUT2D eigenvalue weighted by Crippen LogP contribution is -2.33. The molecule has 0 atom stereocenters. The molecule has 0 bridgehead atoms. The maximum atomic E-state index is 5.88. The number of hydrogen-bond donors (Lipinski definition) is 0. The Labute approximate surface area is 616 Å². The summed E-state index contributed by atoms with van der Waals surface area (Å²) in [6.45, 7) is 6.91. The number of ether oxygens (including phenoxy) is 4. The van der Waals surface area contributed by atoms with Crippen LogP contribution in [0, 0.1) is 0 Å². The number of hydrogen-bond acceptors (Lipinski definition) is 11. The predicted molar refractivity (Wildman–Crippen MR) is 424 cm³/mol. The second-order valence-corrected chi connectivity index (χ2v) is 25.6. The van der Waals surface area contributed by atoms with Crippen LogP contribution >= 0.6 is 0 Å². The topological polar surface area (TPSA) is 135 Å². The highest BCUT2D eigenvalue weighted by Crippen LogP contribution is 2.33. The molecule has 1 saturated heterocycles. The van der Waals surface area contributed by atoms with Gasteiger partial charge in [-0.05, 0) is 163 Å². The van der Waals surface area contributed by atoms with E-state index in [-0.39, 0.29) is 0 Å². The highest BCUT2D eigenvalue weighted by atomic mass is 16.5. The van der Waals surface area contributed by atoms with Crippen molar-refractivity contribution in [1.82, 2.24) is 52.4 Å². The van der Waals surface area contributed by atoms with E-state index < -0.39 is 0 Å². The van der Waals surface area contributed by atoms with E-state index >= 15 is 0 Å². The minimum Gasteiger partial charge on any atom is -0.494 e. The average Bonchev–Trinajstić information content (AvgIpc) is 1.64. The first-order valence-electron chi connectivity index (χ1n) is 35.9. The molecule has 1 aliphatic heterocycles. The van der Waals surface area contributed by atoms with Crippen LogP contribution in [0.3, 0.4) is 0 Å². The van der Waals surface area contributed by atoms with Gasteiger partial charge in [-0.1, -0.05) is 177 Å². The first-order chi connectivity index (χ1) is 52.4. The number of fused-ring (bicyclic) bond motifs is 4. The molecule has 1 aliphatic rings. The first-order valence-corrected chi connectivity index (χ1v) is 35.9. The summed E-state index contributed by atoms with van der Waals surface area (Å²) in [5.41, 5.74) is 21.6. The maximum Gasteiger partial charge on any atom is 0.213 e. The Morgan fingerprint density at radius 1 is 0.292 bits per heavy atom. The Morgan fingerprint density at radius 2 is 0.642 bits per heavy atom. The van der Waals surface area contributed by atoms with Crippen molar-refractivity contribution in [1.29, 1.82) is 0 Å². The number of pyridine rings is 6. The van der Waals surface area contributed by atoms with E-state index in [0.29, 0.717) is 18.4 Å². The summed E-state index contributed by atoms with van der Waals surface area (Å²) in [7, 11) is 1.61. The molecule has 522 valence electrons. The highest BCUT2D eigenvalue weighted by molar-refractivity contribution is 5.75. The lowest BCUT2D eigenvalue weighted by atomic mass is 10.1. The summed E-state index contributed by atoms with van der Waals surface area (Å²) in [5.74, 6) is 3.87. The van der Waals surface area contributed by atoms with Crippen LogP contribution in [0.4, 0.5) is 0 Å². The van der Waals surface area contributed by atoms with Crippen molar-refractivity contribution >= 4 is 22.6 Å². The van der Waals surface area contributed by atoms with Crippen molar-refractivity contribution in [2.24, 2.45) is 0 Å². The zero-order valence-electron chi connectivity index (χ0n) is 59.2. The first kappa shape index (κ1) is 68.5. The fraction of sp³-hybridized carbons (Fsp3) is 0.121. The van der Waals surface area contributed by atoms with Gasteiger partial charge in [-0.25, -0.2) is 29.9 Å². The predicted octanol–water partition coefficient (Wildman–Crippen LogP) is 20.9. The number of para-hydroxylation sites is 1. The second kappa shape index (κ2) is 33.3. The normalized spacial score (nSPS) is 12.0. The summed E-state index contributed by atoms with van der Waals surface area (Å²) >= 11 is 0. The molecule has 17 aromatic rings. The molecule has 0 saturated carbocycles. The third-order valence-corrected chi connectivity index (χ3v) is 18.6. The smallest absolute Gasteiger partial charge is 0.213 e. The van der Waals surface area contributed by atoms with Crippen LogP contribution in [0.5, 0.6) is 29.0 Å². The van der Waals surface area contributed by atoms with Gasteiger partial charge in [0.05, 0.1) is 61.3 Å². The molecule has 11 heterocycles. The molecule has 0 aliphatic carbocycles. The van der Waals surface area contributed by atoms with E-state index in [2.05, 4.69) is 205 Å². The minimum atomic E-state index is 0.613. The van der Waals surface area contributed by atoms with Crippen molar-refractivity contribution < 1.29 is 18.9 Å². The van der Waals surface area contributed by atoms with Gasteiger partial charge in [0.2, 0.25) is 11.8 Å². The zero-order chi connectivity index (χ0) is 71.6. The number of piperidine rings is 1. The standard InChI is InChI=1S/C25H26N4O.C25H18N2O.C22H20N2O.C19H15N3O/c1-3-7-20(8-4-1)23-19-26-24-17-21(11-14-29(23)24)22-9-10-25(27-18-22)30-16-15-28-12-5-2-6-13-28;1-3-7-20(8-4-1)24-18-26-25-17-21(15-16-27(24)25)19-11-13-23(14-12-19)28-22-9-5-2-6-10-22;1-2-14-25-20-10-8-17(9-11-20)19-12-13-24-21(16-23-22(24)15-19)18-6-4-3-5-7-18;1-23-19-8-7-16(12-21-19)15-9-10-22-17(13-20-18(22)11-15)14-5-3-2-4-6-14/h1,3-4,7-11,14,17-19H,2,5-6,12-13,15-16H2;1-18H;3-13,15-16H,2,14H2,1H3;2-13H,1H3. The molecule has 0 spiro atoms. The van der Waals surface area contributed by atoms with Gasteiger partial charge in [-0.3, -0.25) is 22.5 Å². The number of imidazole rings is 4. The van der Waals surface area contributed by atoms with Crippen LogP contribution in [-0.2, 0) is 0 Å². The van der Waals surface area contributed by atoms with Gasteiger partial charge < -0.3 is 18.9 Å². The summed E-state index contributed by atoms with van der Waals surface area (Å²) in [4.78, 5) is 29.5. The molecule has 18 rings (SSSR count). The fourth-order valence-electron chi connectivity index (χ4n) is 13.0.